The first-order valence-corrected chi connectivity index (χ1v) is 6.73. The molecule has 0 spiro atoms. The van der Waals surface area contributed by atoms with Gasteiger partial charge in [0.2, 0.25) is 0 Å². The molecule has 1 aromatic heterocycles. The van der Waals surface area contributed by atoms with Crippen LogP contribution in [0.15, 0.2) is 15.7 Å². The fourth-order valence-corrected chi connectivity index (χ4v) is 2.57. The number of aryl methyl sites for hydroxylation is 1. The third kappa shape index (κ3) is 2.64. The van der Waals surface area contributed by atoms with Crippen LogP contribution in [0.4, 0.5) is 8.78 Å². The number of aromatic nitrogens is 1. The Morgan fingerprint density at radius 1 is 1.53 bits per heavy atom. The van der Waals surface area contributed by atoms with E-state index in [0.29, 0.717) is 5.56 Å². The number of pyridine rings is 1. The van der Waals surface area contributed by atoms with E-state index in [0.717, 1.165) is 6.20 Å². The van der Waals surface area contributed by atoms with Crippen molar-refractivity contribution in [1.29, 1.82) is 0 Å². The number of halogens is 4. The van der Waals surface area contributed by atoms with Gasteiger partial charge in [0.15, 0.2) is 5.03 Å². The van der Waals surface area contributed by atoms with Crippen molar-refractivity contribution in [1.82, 2.24) is 4.98 Å². The van der Waals surface area contributed by atoms with Gasteiger partial charge in [-0.15, -0.1) is 0 Å². The average molecular weight is 321 g/mol. The Hall–Kier alpha value is -0.270. The van der Waals surface area contributed by atoms with Gasteiger partial charge in [0.05, 0.1) is 5.56 Å². The van der Waals surface area contributed by atoms with E-state index in [4.69, 9.17) is 10.7 Å². The number of nitrogens with zero attached hydrogens (tertiary/aromatic N) is 1. The summed E-state index contributed by atoms with van der Waals surface area (Å²) in [6, 6.07) is 0. The maximum Gasteiger partial charge on any atom is 0.279 e. The Labute approximate surface area is 98.0 Å². The van der Waals surface area contributed by atoms with Crippen LogP contribution >= 0.6 is 26.6 Å². The van der Waals surface area contributed by atoms with E-state index in [1.807, 2.05) is 0 Å². The molecule has 0 aliphatic carbocycles. The van der Waals surface area contributed by atoms with E-state index in [2.05, 4.69) is 20.9 Å². The van der Waals surface area contributed by atoms with Crippen molar-refractivity contribution in [2.45, 2.75) is 18.4 Å². The van der Waals surface area contributed by atoms with Crippen molar-refractivity contribution in [3.8, 4) is 0 Å². The Morgan fingerprint density at radius 2 is 2.07 bits per heavy atom. The van der Waals surface area contributed by atoms with Gasteiger partial charge in [-0.3, -0.25) is 0 Å². The van der Waals surface area contributed by atoms with Crippen molar-refractivity contribution in [2.75, 3.05) is 0 Å². The summed E-state index contributed by atoms with van der Waals surface area (Å²) in [6.45, 7) is 1.52. The van der Waals surface area contributed by atoms with Crippen LogP contribution in [-0.2, 0) is 9.05 Å². The molecular formula is C7H5BrClF2NO2S. The topological polar surface area (TPSA) is 47.0 Å². The van der Waals surface area contributed by atoms with Crippen molar-refractivity contribution >= 4 is 35.7 Å². The predicted molar refractivity (Wildman–Crippen MR) is 54.7 cm³/mol. The van der Waals surface area contributed by atoms with Crippen molar-refractivity contribution < 1.29 is 17.2 Å². The van der Waals surface area contributed by atoms with Crippen LogP contribution < -0.4 is 0 Å². The van der Waals surface area contributed by atoms with Crippen molar-refractivity contribution in [2.24, 2.45) is 0 Å². The van der Waals surface area contributed by atoms with E-state index in [9.17, 15) is 17.2 Å². The van der Waals surface area contributed by atoms with Gasteiger partial charge in [-0.05, 0) is 28.4 Å². The number of rotatable bonds is 2. The molecule has 0 fully saturated rings. The third-order valence-electron chi connectivity index (χ3n) is 1.64. The van der Waals surface area contributed by atoms with Gasteiger partial charge in [-0.2, -0.15) is 0 Å². The monoisotopic (exact) mass is 319 g/mol. The lowest BCUT2D eigenvalue weighted by atomic mass is 10.2. The highest BCUT2D eigenvalue weighted by Gasteiger charge is 2.26. The van der Waals surface area contributed by atoms with E-state index < -0.39 is 26.1 Å². The summed E-state index contributed by atoms with van der Waals surface area (Å²) in [5.41, 5.74) is -0.292. The Balaban J connectivity index is 3.62. The van der Waals surface area contributed by atoms with Gasteiger partial charge in [0, 0.05) is 21.4 Å². The standard InChI is InChI=1S/C7H5BrClF2NO2S/c1-3-2-12-7(15(9,13)14)4(5(3)8)6(10)11/h2,6H,1H3. The highest BCUT2D eigenvalue weighted by Crippen LogP contribution is 2.34. The van der Waals surface area contributed by atoms with Gasteiger partial charge in [0.1, 0.15) is 0 Å². The largest absolute Gasteiger partial charge is 0.279 e. The van der Waals surface area contributed by atoms with Gasteiger partial charge < -0.3 is 0 Å². The second kappa shape index (κ2) is 4.31. The average Bonchev–Trinajstić information content (AvgIpc) is 2.06. The van der Waals surface area contributed by atoms with E-state index in [1.165, 1.54) is 6.92 Å². The molecule has 1 rings (SSSR count). The van der Waals surface area contributed by atoms with Crippen LogP contribution in [0.1, 0.15) is 17.6 Å². The fraction of sp³-hybridized carbons (Fsp3) is 0.286. The molecule has 0 N–H and O–H groups in total. The minimum atomic E-state index is -4.27. The molecule has 0 aliphatic heterocycles. The van der Waals surface area contributed by atoms with Crippen LogP contribution in [0.5, 0.6) is 0 Å². The van der Waals surface area contributed by atoms with E-state index in [-0.39, 0.29) is 4.47 Å². The first-order valence-electron chi connectivity index (χ1n) is 3.63. The van der Waals surface area contributed by atoms with Crippen molar-refractivity contribution in [3.63, 3.8) is 0 Å². The van der Waals surface area contributed by atoms with Crippen LogP contribution in [0.25, 0.3) is 0 Å². The van der Waals surface area contributed by atoms with Crippen LogP contribution in [0.3, 0.4) is 0 Å². The minimum absolute atomic E-state index is 0.00623. The zero-order valence-corrected chi connectivity index (χ0v) is 10.5. The molecule has 0 saturated carbocycles. The van der Waals surface area contributed by atoms with Gasteiger partial charge in [-0.1, -0.05) is 0 Å². The molecule has 0 aliphatic rings. The van der Waals surface area contributed by atoms with Gasteiger partial charge in [-0.25, -0.2) is 22.2 Å². The minimum Gasteiger partial charge on any atom is -0.243 e. The normalized spacial score (nSPS) is 12.1. The molecule has 0 unspecified atom stereocenters. The molecule has 0 aromatic carbocycles. The predicted octanol–water partition coefficient (Wildman–Crippen LogP) is 3.02. The lowest BCUT2D eigenvalue weighted by molar-refractivity contribution is 0.146. The summed E-state index contributed by atoms with van der Waals surface area (Å²) >= 11 is 2.88. The summed E-state index contributed by atoms with van der Waals surface area (Å²) in [5, 5.41) is -0.809. The number of hydrogen-bond donors (Lipinski definition) is 0. The molecule has 0 atom stereocenters. The van der Waals surface area contributed by atoms with Crippen molar-refractivity contribution in [3.05, 3.63) is 21.8 Å². The fourth-order valence-electron chi connectivity index (χ4n) is 0.971. The Bertz CT molecular complexity index is 492. The summed E-state index contributed by atoms with van der Waals surface area (Å²) in [7, 11) is 0.721. The van der Waals surface area contributed by atoms with Gasteiger partial charge >= 0.3 is 0 Å². The molecule has 8 heteroatoms. The lowest BCUT2D eigenvalue weighted by Gasteiger charge is -2.09. The summed E-state index contributed by atoms with van der Waals surface area (Å²) in [6.07, 6.45) is -1.80. The molecule has 0 amide bonds. The third-order valence-corrected chi connectivity index (χ3v) is 3.92. The molecule has 84 valence electrons. The number of alkyl halides is 2. The molecule has 1 aromatic rings. The highest BCUT2D eigenvalue weighted by atomic mass is 79.9. The second-order valence-corrected chi connectivity index (χ2v) is 5.99. The lowest BCUT2D eigenvalue weighted by Crippen LogP contribution is -2.04. The van der Waals surface area contributed by atoms with Gasteiger partial charge in [0.25, 0.3) is 15.5 Å². The summed E-state index contributed by atoms with van der Waals surface area (Å²) < 4.78 is 47.2. The molecule has 0 bridgehead atoms. The molecular weight excluding hydrogens is 316 g/mol. The first-order chi connectivity index (χ1) is 6.75. The summed E-state index contributed by atoms with van der Waals surface area (Å²) in [4.78, 5) is 3.40. The molecule has 0 radical (unpaired) electrons. The zero-order valence-electron chi connectivity index (χ0n) is 7.34. The Morgan fingerprint density at radius 3 is 2.47 bits per heavy atom. The molecule has 3 nitrogen and oxygen atoms in total. The maximum absolute atomic E-state index is 12.6. The van der Waals surface area contributed by atoms with Crippen LogP contribution in [0.2, 0.25) is 0 Å². The second-order valence-electron chi connectivity index (χ2n) is 2.71. The zero-order chi connectivity index (χ0) is 11.8. The summed E-state index contributed by atoms with van der Waals surface area (Å²) in [5.74, 6) is 0. The molecule has 1 heterocycles. The van der Waals surface area contributed by atoms with E-state index >= 15 is 0 Å². The van der Waals surface area contributed by atoms with Crippen LogP contribution in [-0.4, -0.2) is 13.4 Å². The first kappa shape index (κ1) is 12.8. The SMILES string of the molecule is Cc1cnc(S(=O)(=O)Cl)c(C(F)F)c1Br. The van der Waals surface area contributed by atoms with Crippen LogP contribution in [0, 0.1) is 6.92 Å². The quantitative estimate of drug-likeness (QED) is 0.787. The Kier molecular flexibility index (Phi) is 3.67. The maximum atomic E-state index is 12.6. The van der Waals surface area contributed by atoms with E-state index in [1.54, 1.807) is 0 Å². The smallest absolute Gasteiger partial charge is 0.243 e. The molecule has 0 saturated heterocycles. The molecule has 15 heavy (non-hydrogen) atoms. The number of hydrogen-bond acceptors (Lipinski definition) is 3. The highest BCUT2D eigenvalue weighted by molar-refractivity contribution is 9.10.